The number of Topliss-reactive ketones (excluding diaryl/α,β-unsaturated/α-hetero) is 2. The largest absolute Gasteiger partial charge is 0.363 e. The fraction of sp³-hybridized carbons (Fsp3) is 0.600. The number of hydrogen-bond donors (Lipinski definition) is 0. The number of nitrogens with zero attached hydrogens (tertiary/aromatic N) is 2. The van der Waals surface area contributed by atoms with Gasteiger partial charge in [0, 0.05) is 42.0 Å². The number of thiocarbonyl (C=S) groups is 2. The number of rotatable bonds is 1. The summed E-state index contributed by atoms with van der Waals surface area (Å²) in [6.45, 7) is 2.50. The van der Waals surface area contributed by atoms with Gasteiger partial charge in [-0.05, 0) is 21.6 Å². The third kappa shape index (κ3) is 12.3. The molecule has 0 unspecified atom stereocenters. The summed E-state index contributed by atoms with van der Waals surface area (Å²) in [5.41, 5.74) is 0. The molecule has 0 aromatic rings. The molecule has 0 aliphatic rings. The monoisotopic (exact) mass is 326 g/mol. The summed E-state index contributed by atoms with van der Waals surface area (Å²) in [6, 6.07) is 0. The van der Waals surface area contributed by atoms with Crippen LogP contribution in [0.2, 0.25) is 0 Å². The average molecular weight is 327 g/mol. The molecule has 0 N–H and O–H groups in total. The van der Waals surface area contributed by atoms with Crippen LogP contribution in [0.25, 0.3) is 0 Å². The van der Waals surface area contributed by atoms with Crippen LogP contribution in [-0.4, -0.2) is 58.2 Å². The molecule has 0 saturated carbocycles. The molecule has 0 radical (unpaired) electrons. The van der Waals surface area contributed by atoms with Gasteiger partial charge in [0.25, 0.3) is 0 Å². The van der Waals surface area contributed by atoms with Crippen molar-refractivity contribution in [3.05, 3.63) is 0 Å². The van der Waals surface area contributed by atoms with Crippen molar-refractivity contribution in [3.63, 3.8) is 0 Å². The average Bonchev–Trinajstić information content (AvgIpc) is 2.25. The van der Waals surface area contributed by atoms with Gasteiger partial charge in [-0.3, -0.25) is 9.59 Å². The molecule has 0 heterocycles. The van der Waals surface area contributed by atoms with Crippen LogP contribution in [0.1, 0.15) is 13.8 Å². The Morgan fingerprint density at radius 2 is 1.00 bits per heavy atom. The molecule has 0 aliphatic heterocycles. The van der Waals surface area contributed by atoms with E-state index < -0.39 is 0 Å². The number of ketones is 2. The summed E-state index contributed by atoms with van der Waals surface area (Å²) in [5.74, 6) is -0.759. The highest BCUT2D eigenvalue weighted by molar-refractivity contribution is 8.89. The zero-order valence-corrected chi connectivity index (χ0v) is 14.6. The first kappa shape index (κ1) is 20.1. The van der Waals surface area contributed by atoms with E-state index in [-0.39, 0.29) is 11.6 Å². The molecule has 104 valence electrons. The van der Waals surface area contributed by atoms with Crippen LogP contribution in [0.3, 0.4) is 0 Å². The standard InChI is InChI=1S/C6H12N2S4.C4H6O2/c1-7(2)5(9)11-12-6(10)8(3)4;1-3(5)4(2)6/h1-4H3;1-2H3. The van der Waals surface area contributed by atoms with Gasteiger partial charge >= 0.3 is 0 Å². The predicted molar refractivity (Wildman–Crippen MR) is 89.1 cm³/mol. The predicted octanol–water partition coefficient (Wildman–Crippen LogP) is 2.23. The van der Waals surface area contributed by atoms with Crippen molar-refractivity contribution in [2.75, 3.05) is 28.2 Å². The topological polar surface area (TPSA) is 40.6 Å². The first-order chi connectivity index (χ1) is 8.09. The lowest BCUT2D eigenvalue weighted by atomic mass is 10.3. The Kier molecular flexibility index (Phi) is 12.0. The maximum absolute atomic E-state index is 9.79. The zero-order valence-electron chi connectivity index (χ0n) is 11.3. The van der Waals surface area contributed by atoms with E-state index in [0.717, 1.165) is 8.64 Å². The fourth-order valence-electron chi connectivity index (χ4n) is 0.220. The molecular formula is C10H18N2O2S4. The number of carbonyl (C=O) groups is 2. The third-order valence-corrected chi connectivity index (χ3v) is 5.57. The van der Waals surface area contributed by atoms with Crippen molar-refractivity contribution in [1.82, 2.24) is 9.80 Å². The maximum atomic E-state index is 9.79. The second-order valence-corrected chi connectivity index (χ2v) is 7.00. The second kappa shape index (κ2) is 10.7. The molecule has 8 heteroatoms. The Morgan fingerprint density at radius 3 is 1.11 bits per heavy atom. The van der Waals surface area contributed by atoms with Gasteiger partial charge < -0.3 is 9.80 Å². The van der Waals surface area contributed by atoms with Crippen molar-refractivity contribution in [1.29, 1.82) is 0 Å². The van der Waals surface area contributed by atoms with Crippen LogP contribution < -0.4 is 0 Å². The summed E-state index contributed by atoms with van der Waals surface area (Å²) in [4.78, 5) is 23.4. The van der Waals surface area contributed by atoms with Gasteiger partial charge in [0.2, 0.25) is 0 Å². The minimum absolute atomic E-state index is 0.380. The second-order valence-electron chi connectivity index (χ2n) is 3.60. The van der Waals surface area contributed by atoms with Gasteiger partial charge in [0.1, 0.15) is 8.64 Å². The summed E-state index contributed by atoms with van der Waals surface area (Å²) in [5, 5.41) is 0. The molecule has 0 saturated heterocycles. The van der Waals surface area contributed by atoms with E-state index in [4.69, 9.17) is 24.4 Å². The molecule has 0 fully saturated rings. The first-order valence-corrected chi connectivity index (χ1v) is 7.84. The van der Waals surface area contributed by atoms with E-state index in [9.17, 15) is 9.59 Å². The quantitative estimate of drug-likeness (QED) is 0.413. The van der Waals surface area contributed by atoms with Crippen LogP contribution in [0.4, 0.5) is 0 Å². The molecule has 0 bridgehead atoms. The van der Waals surface area contributed by atoms with Gasteiger partial charge in [-0.1, -0.05) is 24.4 Å². The van der Waals surface area contributed by atoms with Gasteiger partial charge in [-0.15, -0.1) is 0 Å². The highest BCUT2D eigenvalue weighted by Gasteiger charge is 2.04. The van der Waals surface area contributed by atoms with Crippen molar-refractivity contribution in [3.8, 4) is 0 Å². The molecule has 0 aliphatic carbocycles. The minimum Gasteiger partial charge on any atom is -0.363 e. The van der Waals surface area contributed by atoms with E-state index in [1.54, 1.807) is 0 Å². The van der Waals surface area contributed by atoms with Gasteiger partial charge in [0.15, 0.2) is 11.6 Å². The Hall–Kier alpha value is -0.180. The minimum atomic E-state index is -0.380. The van der Waals surface area contributed by atoms with Gasteiger partial charge in [0.05, 0.1) is 0 Å². The molecule has 4 nitrogen and oxygen atoms in total. The lowest BCUT2D eigenvalue weighted by Gasteiger charge is -2.15. The molecule has 0 spiro atoms. The SMILES string of the molecule is CC(=O)C(C)=O.CN(C)C(=S)SSC(=S)N(C)C. The number of hydrogen-bond acceptors (Lipinski definition) is 6. The van der Waals surface area contributed by atoms with Gasteiger partial charge in [-0.25, -0.2) is 0 Å². The molecule has 0 amide bonds. The van der Waals surface area contributed by atoms with Crippen molar-refractivity contribution in [2.45, 2.75) is 13.8 Å². The number of carbonyl (C=O) groups excluding carboxylic acids is 2. The molecule has 0 aromatic carbocycles. The zero-order chi connectivity index (χ0) is 14.9. The van der Waals surface area contributed by atoms with E-state index >= 15 is 0 Å². The lowest BCUT2D eigenvalue weighted by molar-refractivity contribution is -0.134. The summed E-state index contributed by atoms with van der Waals surface area (Å²) in [7, 11) is 10.7. The summed E-state index contributed by atoms with van der Waals surface area (Å²) < 4.78 is 1.67. The Balaban J connectivity index is 0. The van der Waals surface area contributed by atoms with Crippen LogP contribution >= 0.6 is 46.0 Å². The maximum Gasteiger partial charge on any atom is 0.195 e. The van der Waals surface area contributed by atoms with E-state index in [0.29, 0.717) is 0 Å². The Morgan fingerprint density at radius 1 is 0.778 bits per heavy atom. The molecule has 0 rings (SSSR count). The van der Waals surface area contributed by atoms with Crippen LogP contribution in [0.15, 0.2) is 0 Å². The lowest BCUT2D eigenvalue weighted by Crippen LogP contribution is -2.18. The van der Waals surface area contributed by atoms with Crippen molar-refractivity contribution in [2.24, 2.45) is 0 Å². The van der Waals surface area contributed by atoms with Crippen molar-refractivity contribution >= 4 is 66.2 Å². The highest BCUT2D eigenvalue weighted by Crippen LogP contribution is 2.26. The third-order valence-electron chi connectivity index (χ3n) is 1.41. The normalized spacial score (nSPS) is 8.78. The van der Waals surface area contributed by atoms with Crippen LogP contribution in [-0.2, 0) is 9.59 Å². The summed E-state index contributed by atoms with van der Waals surface area (Å²) >= 11 is 10.1. The van der Waals surface area contributed by atoms with Crippen LogP contribution in [0.5, 0.6) is 0 Å². The van der Waals surface area contributed by atoms with E-state index in [1.807, 2.05) is 38.0 Å². The summed E-state index contributed by atoms with van der Waals surface area (Å²) in [6.07, 6.45) is 0. The molecular weight excluding hydrogens is 308 g/mol. The fourth-order valence-corrected chi connectivity index (χ4v) is 2.60. The Labute approximate surface area is 127 Å². The van der Waals surface area contributed by atoms with Gasteiger partial charge in [-0.2, -0.15) is 0 Å². The molecule has 0 atom stereocenters. The highest BCUT2D eigenvalue weighted by atomic mass is 33.1. The van der Waals surface area contributed by atoms with E-state index in [2.05, 4.69) is 0 Å². The molecule has 18 heavy (non-hydrogen) atoms. The first-order valence-electron chi connectivity index (χ1n) is 4.88. The van der Waals surface area contributed by atoms with Crippen LogP contribution in [0, 0.1) is 0 Å². The Bertz CT molecular complexity index is 298. The van der Waals surface area contributed by atoms with Crippen molar-refractivity contribution < 1.29 is 9.59 Å². The molecule has 0 aromatic heterocycles. The van der Waals surface area contributed by atoms with E-state index in [1.165, 1.54) is 35.4 Å². The smallest absolute Gasteiger partial charge is 0.195 e.